The second kappa shape index (κ2) is 6.02. The molecule has 0 aliphatic rings. The molecule has 1 nitrogen and oxygen atoms in total. The lowest BCUT2D eigenvalue weighted by Gasteiger charge is -1.88. The molecular weight excluding hydrogens is 98.1 g/mol. The van der Waals surface area contributed by atoms with Crippen LogP contribution in [0.2, 0.25) is 0 Å². The minimum Gasteiger partial charge on any atom is -0.387 e. The maximum atomic E-state index is 3.54. The first-order valence-electron chi connectivity index (χ1n) is 2.53. The van der Waals surface area contributed by atoms with Crippen LogP contribution in [0.1, 0.15) is 0 Å². The van der Waals surface area contributed by atoms with Gasteiger partial charge in [-0.2, -0.15) is 0 Å². The van der Waals surface area contributed by atoms with E-state index in [2.05, 4.69) is 18.5 Å². The van der Waals surface area contributed by atoms with Crippen molar-refractivity contribution in [1.82, 2.24) is 5.32 Å². The van der Waals surface area contributed by atoms with Crippen molar-refractivity contribution in [3.63, 3.8) is 0 Å². The third kappa shape index (κ3) is 5.02. The summed E-state index contributed by atoms with van der Waals surface area (Å²) in [5.74, 6) is 0. The third-order valence-corrected chi connectivity index (χ3v) is 0.612. The zero-order valence-electron chi connectivity index (χ0n) is 4.93. The Balaban J connectivity index is 3.02. The van der Waals surface area contributed by atoms with Gasteiger partial charge in [0.2, 0.25) is 0 Å². The molecule has 0 fully saturated rings. The Morgan fingerprint density at radius 2 is 2.12 bits per heavy atom. The van der Waals surface area contributed by atoms with Gasteiger partial charge in [0.1, 0.15) is 0 Å². The summed E-state index contributed by atoms with van der Waals surface area (Å²) in [5.41, 5.74) is 0. The number of nitrogens with one attached hydrogen (secondary N) is 1. The van der Waals surface area contributed by atoms with Crippen molar-refractivity contribution in [1.29, 1.82) is 0 Å². The summed E-state index contributed by atoms with van der Waals surface area (Å²) in [6.45, 7) is 7.85. The molecule has 0 heterocycles. The van der Waals surface area contributed by atoms with Gasteiger partial charge in [-0.3, -0.25) is 0 Å². The van der Waals surface area contributed by atoms with E-state index in [1.165, 1.54) is 0 Å². The average Bonchev–Trinajstić information content (AvgIpc) is 1.81. The van der Waals surface area contributed by atoms with Crippen LogP contribution in [0.25, 0.3) is 0 Å². The highest BCUT2D eigenvalue weighted by Gasteiger charge is 1.63. The van der Waals surface area contributed by atoms with Crippen molar-refractivity contribution < 1.29 is 0 Å². The first-order valence-corrected chi connectivity index (χ1v) is 2.53. The Bertz CT molecular complexity index is 92.6. The van der Waals surface area contributed by atoms with Crippen LogP contribution >= 0.6 is 0 Å². The fourth-order valence-electron chi connectivity index (χ4n) is 0.287. The quantitative estimate of drug-likeness (QED) is 0.327. The summed E-state index contributed by atoms with van der Waals surface area (Å²) in [6.07, 6.45) is 7.18. The number of hydrogen-bond acceptors (Lipinski definition) is 1. The van der Waals surface area contributed by atoms with E-state index in [-0.39, 0.29) is 0 Å². The second-order valence-electron chi connectivity index (χ2n) is 1.29. The van der Waals surface area contributed by atoms with Crippen LogP contribution in [0.5, 0.6) is 0 Å². The molecule has 0 aromatic rings. The van der Waals surface area contributed by atoms with Crippen LogP contribution in [0.3, 0.4) is 0 Å². The third-order valence-electron chi connectivity index (χ3n) is 0.612. The summed E-state index contributed by atoms with van der Waals surface area (Å²) < 4.78 is 0. The van der Waals surface area contributed by atoms with Crippen molar-refractivity contribution in [2.24, 2.45) is 0 Å². The fourth-order valence-corrected chi connectivity index (χ4v) is 0.287. The van der Waals surface area contributed by atoms with Gasteiger partial charge in [0.15, 0.2) is 0 Å². The topological polar surface area (TPSA) is 12.0 Å². The lowest BCUT2D eigenvalue weighted by molar-refractivity contribution is 0.988. The van der Waals surface area contributed by atoms with Gasteiger partial charge < -0.3 is 5.32 Å². The van der Waals surface area contributed by atoms with E-state index < -0.39 is 0 Å². The van der Waals surface area contributed by atoms with Crippen LogP contribution in [-0.2, 0) is 0 Å². The van der Waals surface area contributed by atoms with Gasteiger partial charge in [-0.15, -0.1) is 6.58 Å². The summed E-state index contributed by atoms with van der Waals surface area (Å²) in [6, 6.07) is 0. The van der Waals surface area contributed by atoms with Crippen molar-refractivity contribution in [2.45, 2.75) is 0 Å². The predicted octanol–water partition coefficient (Wildman–Crippen LogP) is 1.46. The Morgan fingerprint density at radius 1 is 1.38 bits per heavy atom. The van der Waals surface area contributed by atoms with Crippen molar-refractivity contribution in [3.8, 4) is 0 Å². The van der Waals surface area contributed by atoms with Crippen molar-refractivity contribution >= 4 is 0 Å². The monoisotopic (exact) mass is 109 g/mol. The first kappa shape index (κ1) is 7.02. The van der Waals surface area contributed by atoms with E-state index in [9.17, 15) is 0 Å². The zero-order chi connectivity index (χ0) is 6.24. The summed E-state index contributed by atoms with van der Waals surface area (Å²) in [4.78, 5) is 0. The minimum absolute atomic E-state index is 0.810. The lowest BCUT2D eigenvalue weighted by Crippen LogP contribution is -2.02. The van der Waals surface area contributed by atoms with E-state index in [0.717, 1.165) is 6.54 Å². The van der Waals surface area contributed by atoms with Gasteiger partial charge in [-0.05, 0) is 12.3 Å². The van der Waals surface area contributed by atoms with E-state index >= 15 is 0 Å². The Kier molecular flexibility index (Phi) is 5.28. The number of hydrogen-bond donors (Lipinski definition) is 1. The van der Waals surface area contributed by atoms with Crippen LogP contribution in [0.4, 0.5) is 0 Å². The van der Waals surface area contributed by atoms with Gasteiger partial charge in [0.05, 0.1) is 0 Å². The highest BCUT2D eigenvalue weighted by molar-refractivity contribution is 4.96. The first-order chi connectivity index (χ1) is 3.91. The maximum absolute atomic E-state index is 3.54. The molecule has 0 radical (unpaired) electrons. The summed E-state index contributed by atoms with van der Waals surface area (Å²) >= 11 is 0. The molecule has 0 unspecified atom stereocenters. The van der Waals surface area contributed by atoms with Gasteiger partial charge in [0.25, 0.3) is 0 Å². The SMILES string of the molecule is C=C/C=C\NCC=C. The molecule has 0 spiro atoms. The summed E-state index contributed by atoms with van der Waals surface area (Å²) in [5, 5.41) is 2.97. The smallest absolute Gasteiger partial charge is 0.0322 e. The van der Waals surface area contributed by atoms with Crippen molar-refractivity contribution in [3.05, 3.63) is 37.6 Å². The minimum atomic E-state index is 0.810. The zero-order valence-corrected chi connectivity index (χ0v) is 4.93. The van der Waals surface area contributed by atoms with Gasteiger partial charge in [0, 0.05) is 6.54 Å². The normalized spacial score (nSPS) is 9.00. The Morgan fingerprint density at radius 3 is 2.62 bits per heavy atom. The number of rotatable bonds is 4. The predicted molar refractivity (Wildman–Crippen MR) is 37.5 cm³/mol. The molecule has 0 bridgehead atoms. The standard InChI is InChI=1S/C7H11N/c1-3-5-7-8-6-4-2/h3-5,7-8H,1-2,6H2/b7-5-. The molecule has 0 saturated carbocycles. The van der Waals surface area contributed by atoms with Crippen LogP contribution in [0, 0.1) is 0 Å². The summed E-state index contributed by atoms with van der Waals surface area (Å²) in [7, 11) is 0. The van der Waals surface area contributed by atoms with E-state index in [4.69, 9.17) is 0 Å². The van der Waals surface area contributed by atoms with Crippen LogP contribution in [-0.4, -0.2) is 6.54 Å². The molecular formula is C7H11N. The molecule has 0 aliphatic heterocycles. The van der Waals surface area contributed by atoms with Crippen LogP contribution < -0.4 is 5.32 Å². The highest BCUT2D eigenvalue weighted by atomic mass is 14.8. The molecule has 0 saturated heterocycles. The Labute approximate surface area is 50.4 Å². The molecule has 0 rings (SSSR count). The van der Waals surface area contributed by atoms with E-state index in [1.807, 2.05) is 12.3 Å². The maximum Gasteiger partial charge on any atom is 0.0322 e. The molecule has 0 aliphatic carbocycles. The average molecular weight is 109 g/mol. The molecule has 1 N–H and O–H groups in total. The van der Waals surface area contributed by atoms with Gasteiger partial charge >= 0.3 is 0 Å². The van der Waals surface area contributed by atoms with Gasteiger partial charge in [-0.25, -0.2) is 0 Å². The van der Waals surface area contributed by atoms with Crippen LogP contribution in [0.15, 0.2) is 37.6 Å². The molecule has 44 valence electrons. The molecule has 0 amide bonds. The number of allylic oxidation sites excluding steroid dienone is 2. The molecule has 8 heavy (non-hydrogen) atoms. The molecule has 0 aromatic heterocycles. The Hall–Kier alpha value is -0.980. The van der Waals surface area contributed by atoms with E-state index in [1.54, 1.807) is 12.2 Å². The molecule has 0 atom stereocenters. The van der Waals surface area contributed by atoms with E-state index in [0.29, 0.717) is 0 Å². The van der Waals surface area contributed by atoms with Crippen molar-refractivity contribution in [2.75, 3.05) is 6.54 Å². The second-order valence-corrected chi connectivity index (χ2v) is 1.29. The molecule has 1 heteroatoms. The molecule has 0 aromatic carbocycles. The highest BCUT2D eigenvalue weighted by Crippen LogP contribution is 1.66. The van der Waals surface area contributed by atoms with Gasteiger partial charge in [-0.1, -0.05) is 18.7 Å². The largest absolute Gasteiger partial charge is 0.387 e. The lowest BCUT2D eigenvalue weighted by atomic mass is 10.5. The fraction of sp³-hybridized carbons (Fsp3) is 0.143.